The van der Waals surface area contributed by atoms with E-state index in [-0.39, 0.29) is 12.3 Å². The predicted octanol–water partition coefficient (Wildman–Crippen LogP) is 4.80. The van der Waals surface area contributed by atoms with Crippen LogP contribution in [-0.2, 0) is 23.0 Å². The van der Waals surface area contributed by atoms with Gasteiger partial charge in [-0.2, -0.15) is 13.1 Å². The molecule has 0 atom stereocenters. The van der Waals surface area contributed by atoms with Gasteiger partial charge in [0.1, 0.15) is 5.75 Å². The smallest absolute Gasteiger partial charge is 0.387 e. The van der Waals surface area contributed by atoms with Crippen molar-refractivity contribution in [1.82, 2.24) is 4.31 Å². The predicted molar refractivity (Wildman–Crippen MR) is 104 cm³/mol. The van der Waals surface area contributed by atoms with E-state index in [1.165, 1.54) is 16.4 Å². The zero-order valence-electron chi connectivity index (χ0n) is 14.5. The van der Waals surface area contributed by atoms with Crippen molar-refractivity contribution in [3.05, 3.63) is 68.5 Å². The van der Waals surface area contributed by atoms with E-state index in [4.69, 9.17) is 0 Å². The Balaban J connectivity index is 1.80. The molecule has 144 valence electrons. The van der Waals surface area contributed by atoms with E-state index in [2.05, 4.69) is 20.7 Å². The van der Waals surface area contributed by atoms with Crippen LogP contribution in [0.5, 0.6) is 5.75 Å². The van der Waals surface area contributed by atoms with Crippen LogP contribution in [0.1, 0.15) is 23.1 Å². The van der Waals surface area contributed by atoms with Gasteiger partial charge in [0.05, 0.1) is 4.91 Å². The minimum atomic E-state index is -3.61. The van der Waals surface area contributed by atoms with Gasteiger partial charge in [-0.1, -0.05) is 34.1 Å². The summed E-state index contributed by atoms with van der Waals surface area (Å²) in [6, 6.07) is 12.0. The SMILES string of the molecule is CN(Cc1ccc(Br)cc1)S(=O)(=O)C1=Cc2ccc(OC(F)F)cc2CC1. The molecular weight excluding hydrogens is 440 g/mol. The minimum Gasteiger partial charge on any atom is -0.435 e. The first-order valence-corrected chi connectivity index (χ1v) is 10.5. The molecular formula is C19H18BrF2NO3S. The third-order valence-electron chi connectivity index (χ3n) is 4.36. The first-order valence-electron chi connectivity index (χ1n) is 8.25. The molecule has 8 heteroatoms. The summed E-state index contributed by atoms with van der Waals surface area (Å²) in [5, 5.41) is 0. The molecule has 0 heterocycles. The van der Waals surface area contributed by atoms with E-state index >= 15 is 0 Å². The van der Waals surface area contributed by atoms with Crippen molar-refractivity contribution in [1.29, 1.82) is 0 Å². The molecule has 0 aromatic heterocycles. The molecule has 0 radical (unpaired) electrons. The van der Waals surface area contributed by atoms with Crippen molar-refractivity contribution in [2.45, 2.75) is 26.0 Å². The first-order chi connectivity index (χ1) is 12.8. The number of alkyl halides is 2. The molecule has 0 saturated carbocycles. The highest BCUT2D eigenvalue weighted by Gasteiger charge is 2.26. The van der Waals surface area contributed by atoms with Crippen LogP contribution in [-0.4, -0.2) is 26.4 Å². The number of aryl methyl sites for hydroxylation is 1. The summed E-state index contributed by atoms with van der Waals surface area (Å²) in [5.41, 5.74) is 2.39. The fraction of sp³-hybridized carbons (Fsp3) is 0.263. The second-order valence-corrected chi connectivity index (χ2v) is 9.25. The monoisotopic (exact) mass is 457 g/mol. The molecule has 0 saturated heterocycles. The molecule has 0 unspecified atom stereocenters. The van der Waals surface area contributed by atoms with E-state index in [1.807, 2.05) is 24.3 Å². The number of hydrogen-bond donors (Lipinski definition) is 0. The van der Waals surface area contributed by atoms with Crippen molar-refractivity contribution in [2.24, 2.45) is 0 Å². The largest absolute Gasteiger partial charge is 0.435 e. The molecule has 0 spiro atoms. The normalized spacial score (nSPS) is 14.2. The summed E-state index contributed by atoms with van der Waals surface area (Å²) >= 11 is 3.36. The summed E-state index contributed by atoms with van der Waals surface area (Å²) in [7, 11) is -2.06. The summed E-state index contributed by atoms with van der Waals surface area (Å²) in [4.78, 5) is 0.317. The minimum absolute atomic E-state index is 0.0795. The molecule has 0 bridgehead atoms. The van der Waals surface area contributed by atoms with Gasteiger partial charge in [0, 0.05) is 18.1 Å². The molecule has 0 fully saturated rings. The molecule has 0 N–H and O–H groups in total. The van der Waals surface area contributed by atoms with Crippen LogP contribution < -0.4 is 4.74 Å². The van der Waals surface area contributed by atoms with Gasteiger partial charge in [0.2, 0.25) is 10.0 Å². The average molecular weight is 458 g/mol. The lowest BCUT2D eigenvalue weighted by atomic mass is 9.97. The van der Waals surface area contributed by atoms with E-state index < -0.39 is 16.6 Å². The maximum Gasteiger partial charge on any atom is 0.387 e. The van der Waals surface area contributed by atoms with E-state index in [9.17, 15) is 17.2 Å². The number of ether oxygens (including phenoxy) is 1. The summed E-state index contributed by atoms with van der Waals surface area (Å²) < 4.78 is 57.1. The highest BCUT2D eigenvalue weighted by Crippen LogP contribution is 2.31. The van der Waals surface area contributed by atoms with E-state index in [1.54, 1.807) is 19.2 Å². The van der Waals surface area contributed by atoms with Crippen LogP contribution in [0.15, 0.2) is 51.8 Å². The summed E-state index contributed by atoms with van der Waals surface area (Å²) in [5.74, 6) is 0.0795. The number of halogens is 3. The van der Waals surface area contributed by atoms with Crippen LogP contribution in [0.25, 0.3) is 6.08 Å². The maximum absolute atomic E-state index is 12.9. The average Bonchev–Trinajstić information content (AvgIpc) is 2.62. The van der Waals surface area contributed by atoms with Crippen molar-refractivity contribution in [3.63, 3.8) is 0 Å². The molecule has 0 aliphatic heterocycles. The highest BCUT2D eigenvalue weighted by atomic mass is 79.9. The van der Waals surface area contributed by atoms with Crippen molar-refractivity contribution >= 4 is 32.0 Å². The highest BCUT2D eigenvalue weighted by molar-refractivity contribution is 9.10. The third kappa shape index (κ3) is 4.75. The van der Waals surface area contributed by atoms with Crippen LogP contribution in [0.3, 0.4) is 0 Å². The van der Waals surface area contributed by atoms with Gasteiger partial charge < -0.3 is 4.74 Å². The number of benzene rings is 2. The van der Waals surface area contributed by atoms with Crippen LogP contribution in [0, 0.1) is 0 Å². The number of hydrogen-bond acceptors (Lipinski definition) is 3. The Morgan fingerprint density at radius 2 is 1.85 bits per heavy atom. The molecule has 1 aliphatic carbocycles. The molecule has 1 aliphatic rings. The number of sulfonamides is 1. The Hall–Kier alpha value is -1.77. The Morgan fingerprint density at radius 1 is 1.15 bits per heavy atom. The van der Waals surface area contributed by atoms with E-state index in [0.29, 0.717) is 23.3 Å². The molecule has 0 amide bonds. The molecule has 3 rings (SSSR count). The Bertz CT molecular complexity index is 959. The van der Waals surface area contributed by atoms with Gasteiger partial charge in [-0.05, 0) is 59.9 Å². The fourth-order valence-electron chi connectivity index (χ4n) is 2.95. The van der Waals surface area contributed by atoms with Crippen LogP contribution in [0.2, 0.25) is 0 Å². The maximum atomic E-state index is 12.9. The van der Waals surface area contributed by atoms with Crippen molar-refractivity contribution in [2.75, 3.05) is 7.05 Å². The van der Waals surface area contributed by atoms with Gasteiger partial charge in [-0.15, -0.1) is 0 Å². The van der Waals surface area contributed by atoms with Crippen molar-refractivity contribution < 1.29 is 21.9 Å². The molecule has 4 nitrogen and oxygen atoms in total. The third-order valence-corrected chi connectivity index (χ3v) is 6.82. The zero-order chi connectivity index (χ0) is 19.6. The Labute approximate surface area is 165 Å². The Morgan fingerprint density at radius 3 is 2.52 bits per heavy atom. The Kier molecular flexibility index (Phi) is 5.98. The topological polar surface area (TPSA) is 46.6 Å². The summed E-state index contributed by atoms with van der Waals surface area (Å²) in [6.07, 6.45) is 2.38. The molecule has 2 aromatic rings. The number of fused-ring (bicyclic) bond motifs is 1. The lowest BCUT2D eigenvalue weighted by Gasteiger charge is -2.23. The lowest BCUT2D eigenvalue weighted by Crippen LogP contribution is -2.28. The van der Waals surface area contributed by atoms with Crippen LogP contribution in [0.4, 0.5) is 8.78 Å². The number of allylic oxidation sites excluding steroid dienone is 1. The molecule has 27 heavy (non-hydrogen) atoms. The second-order valence-electron chi connectivity index (χ2n) is 6.24. The van der Waals surface area contributed by atoms with Crippen LogP contribution >= 0.6 is 15.9 Å². The fourth-order valence-corrected chi connectivity index (χ4v) is 4.57. The quantitative estimate of drug-likeness (QED) is 0.625. The van der Waals surface area contributed by atoms with Gasteiger partial charge in [-0.25, -0.2) is 8.42 Å². The summed E-state index contributed by atoms with van der Waals surface area (Å²) in [6.45, 7) is -2.62. The lowest BCUT2D eigenvalue weighted by molar-refractivity contribution is -0.0498. The first kappa shape index (κ1) is 20.0. The van der Waals surface area contributed by atoms with E-state index in [0.717, 1.165) is 15.6 Å². The second kappa shape index (κ2) is 8.08. The van der Waals surface area contributed by atoms with Gasteiger partial charge >= 0.3 is 6.61 Å². The number of rotatable bonds is 6. The zero-order valence-corrected chi connectivity index (χ0v) is 16.9. The van der Waals surface area contributed by atoms with Gasteiger partial charge in [0.15, 0.2) is 0 Å². The van der Waals surface area contributed by atoms with Crippen molar-refractivity contribution in [3.8, 4) is 5.75 Å². The van der Waals surface area contributed by atoms with Gasteiger partial charge in [0.25, 0.3) is 0 Å². The molecule has 2 aromatic carbocycles. The van der Waals surface area contributed by atoms with Gasteiger partial charge in [-0.3, -0.25) is 0 Å². The number of nitrogens with zero attached hydrogens (tertiary/aromatic N) is 1. The standard InChI is InChI=1S/C19H18BrF2NO3S/c1-23(12-13-2-6-16(20)7-3-13)27(24,25)18-9-5-14-10-17(26-19(21)22)8-4-15(14)11-18/h2-4,6-8,10-11,19H,5,9,12H2,1H3.